The van der Waals surface area contributed by atoms with Crippen LogP contribution in [0.4, 0.5) is 44.5 Å². The molecule has 0 aliphatic rings. The maximum atomic E-state index is 14.3. The van der Waals surface area contributed by atoms with Crippen LogP contribution in [0.25, 0.3) is 11.0 Å². The number of imidazole rings is 1. The first-order valence-corrected chi connectivity index (χ1v) is 9.61. The predicted octanol–water partition coefficient (Wildman–Crippen LogP) is 5.21. The molecule has 4 rings (SSSR count). The number of amides is 3. The monoisotopic (exact) mass is 490 g/mol. The number of halogens is 4. The van der Waals surface area contributed by atoms with Crippen molar-refractivity contribution < 1.29 is 37.0 Å². The molecule has 0 bridgehead atoms. The van der Waals surface area contributed by atoms with Gasteiger partial charge in [0, 0.05) is 12.1 Å². The molecule has 0 spiro atoms. The van der Waals surface area contributed by atoms with Gasteiger partial charge in [0.2, 0.25) is 11.8 Å². The van der Waals surface area contributed by atoms with Crippen LogP contribution in [0.3, 0.4) is 0 Å². The van der Waals surface area contributed by atoms with Gasteiger partial charge in [-0.15, -0.1) is 0 Å². The minimum Gasteiger partial charge on any atom is -0.465 e. The molecule has 2 aromatic carbocycles. The molecule has 180 valence electrons. The molecular formula is C21H14F4N6O4. The van der Waals surface area contributed by atoms with Gasteiger partial charge in [-0.3, -0.25) is 10.2 Å². The van der Waals surface area contributed by atoms with Gasteiger partial charge >= 0.3 is 18.3 Å². The van der Waals surface area contributed by atoms with E-state index in [2.05, 4.69) is 20.3 Å². The molecular weight excluding hydrogens is 476 g/mol. The highest BCUT2D eigenvalue weighted by Crippen LogP contribution is 2.36. The van der Waals surface area contributed by atoms with E-state index in [0.717, 1.165) is 6.20 Å². The molecule has 2 heterocycles. The van der Waals surface area contributed by atoms with Crippen LogP contribution in [-0.4, -0.2) is 32.2 Å². The van der Waals surface area contributed by atoms with Crippen molar-refractivity contribution >= 4 is 40.5 Å². The first-order chi connectivity index (χ1) is 16.5. The third-order valence-electron chi connectivity index (χ3n) is 4.61. The summed E-state index contributed by atoms with van der Waals surface area (Å²) < 4.78 is 59.1. The first-order valence-electron chi connectivity index (χ1n) is 9.61. The minimum absolute atomic E-state index is 0.0143. The molecule has 0 atom stereocenters. The number of nitrogens with one attached hydrogen (secondary N) is 2. The van der Waals surface area contributed by atoms with E-state index < -0.39 is 35.4 Å². The molecule has 0 fully saturated rings. The molecule has 10 nitrogen and oxygen atoms in total. The number of aromatic amines is 1. The van der Waals surface area contributed by atoms with Crippen molar-refractivity contribution in [2.75, 3.05) is 10.2 Å². The fourth-order valence-corrected chi connectivity index (χ4v) is 3.14. The molecule has 14 heteroatoms. The maximum absolute atomic E-state index is 14.3. The topological polar surface area (TPSA) is 146 Å². The van der Waals surface area contributed by atoms with Crippen molar-refractivity contribution in [2.24, 2.45) is 5.73 Å². The number of benzene rings is 2. The summed E-state index contributed by atoms with van der Waals surface area (Å²) in [6.07, 6.45) is -4.98. The Bertz CT molecular complexity index is 1420. The number of nitrogens with zero attached hydrogens (tertiary/aromatic N) is 3. The van der Waals surface area contributed by atoms with Gasteiger partial charge in [0.05, 0.1) is 34.2 Å². The predicted molar refractivity (Wildman–Crippen MR) is 115 cm³/mol. The molecule has 0 radical (unpaired) electrons. The Morgan fingerprint density at radius 2 is 1.89 bits per heavy atom. The van der Waals surface area contributed by atoms with Crippen LogP contribution in [0.1, 0.15) is 5.56 Å². The summed E-state index contributed by atoms with van der Waals surface area (Å²) in [7, 11) is 0. The van der Waals surface area contributed by atoms with Crippen LogP contribution >= 0.6 is 0 Å². The molecule has 3 amide bonds. The number of carbonyl (C=O) groups excluding carboxylic acids is 1. The van der Waals surface area contributed by atoms with Crippen LogP contribution < -0.4 is 20.7 Å². The van der Waals surface area contributed by atoms with Gasteiger partial charge in [-0.05, 0) is 36.4 Å². The van der Waals surface area contributed by atoms with Gasteiger partial charge in [-0.25, -0.2) is 23.9 Å². The maximum Gasteiger partial charge on any atom is 0.416 e. The summed E-state index contributed by atoms with van der Waals surface area (Å²) in [4.78, 5) is 34.0. The molecule has 2 aromatic heterocycles. The van der Waals surface area contributed by atoms with Crippen molar-refractivity contribution in [1.29, 1.82) is 0 Å². The van der Waals surface area contributed by atoms with Crippen molar-refractivity contribution in [3.05, 3.63) is 66.1 Å². The second-order valence-corrected chi connectivity index (χ2v) is 6.99. The van der Waals surface area contributed by atoms with Crippen LogP contribution in [0.2, 0.25) is 0 Å². The fraction of sp³-hybridized carbons (Fsp3) is 0.0476. The molecule has 35 heavy (non-hydrogen) atoms. The Morgan fingerprint density at radius 1 is 1.11 bits per heavy atom. The Hall–Kier alpha value is -4.88. The highest BCUT2D eigenvalue weighted by atomic mass is 19.4. The number of rotatable bonds is 5. The number of hydrogen-bond donors (Lipinski definition) is 4. The van der Waals surface area contributed by atoms with Crippen LogP contribution in [0.5, 0.6) is 11.6 Å². The number of primary amides is 1. The smallest absolute Gasteiger partial charge is 0.416 e. The number of aromatic nitrogens is 3. The number of H-pyrrole nitrogens is 1. The van der Waals surface area contributed by atoms with E-state index in [0.29, 0.717) is 39.9 Å². The highest BCUT2D eigenvalue weighted by Gasteiger charge is 2.32. The van der Waals surface area contributed by atoms with Crippen molar-refractivity contribution in [3.8, 4) is 11.6 Å². The van der Waals surface area contributed by atoms with Gasteiger partial charge in [0.1, 0.15) is 11.6 Å². The number of pyridine rings is 1. The summed E-state index contributed by atoms with van der Waals surface area (Å²) in [5, 5.41) is 10.9. The average molecular weight is 490 g/mol. The summed E-state index contributed by atoms with van der Waals surface area (Å²) in [5.74, 6) is -0.758. The fourth-order valence-electron chi connectivity index (χ4n) is 3.14. The summed E-state index contributed by atoms with van der Waals surface area (Å²) >= 11 is 0. The Kier molecular flexibility index (Phi) is 5.86. The third-order valence-corrected chi connectivity index (χ3v) is 4.61. The lowest BCUT2D eigenvalue weighted by atomic mass is 10.1. The van der Waals surface area contributed by atoms with Gasteiger partial charge in [-0.2, -0.15) is 13.2 Å². The van der Waals surface area contributed by atoms with E-state index in [1.165, 1.54) is 24.3 Å². The molecule has 0 aliphatic carbocycles. The van der Waals surface area contributed by atoms with Crippen LogP contribution in [-0.2, 0) is 6.18 Å². The lowest BCUT2D eigenvalue weighted by molar-refractivity contribution is -0.137. The average Bonchev–Trinajstić information content (AvgIpc) is 3.16. The van der Waals surface area contributed by atoms with E-state index in [4.69, 9.17) is 15.6 Å². The summed E-state index contributed by atoms with van der Waals surface area (Å²) in [6.45, 7) is 0. The van der Waals surface area contributed by atoms with Gasteiger partial charge in [-0.1, -0.05) is 0 Å². The molecule has 0 saturated heterocycles. The zero-order chi connectivity index (χ0) is 25.3. The zero-order valence-corrected chi connectivity index (χ0v) is 17.3. The van der Waals surface area contributed by atoms with Crippen molar-refractivity contribution in [3.63, 3.8) is 0 Å². The SMILES string of the molecule is NC(=O)N(c1ccc(Oc2ccc3nc(NC(=O)O)[nH]c3c2)nc1)c1cc(C(F)(F)F)ccc1F. The van der Waals surface area contributed by atoms with Crippen LogP contribution in [0, 0.1) is 5.82 Å². The van der Waals surface area contributed by atoms with Gasteiger partial charge in [0.25, 0.3) is 0 Å². The molecule has 0 saturated carbocycles. The lowest BCUT2D eigenvalue weighted by Crippen LogP contribution is -2.32. The number of carboxylic acid groups (broad SMARTS) is 1. The largest absolute Gasteiger partial charge is 0.465 e. The quantitative estimate of drug-likeness (QED) is 0.282. The Morgan fingerprint density at radius 3 is 2.51 bits per heavy atom. The lowest BCUT2D eigenvalue weighted by Gasteiger charge is -2.22. The van der Waals surface area contributed by atoms with Gasteiger partial charge in [0.15, 0.2) is 0 Å². The van der Waals surface area contributed by atoms with E-state index in [9.17, 15) is 27.2 Å². The minimum atomic E-state index is -4.76. The Balaban J connectivity index is 1.59. The number of nitrogens with two attached hydrogens (primary N) is 1. The summed E-state index contributed by atoms with van der Waals surface area (Å²) in [5.41, 5.74) is 4.27. The number of anilines is 3. The van der Waals surface area contributed by atoms with E-state index in [1.54, 1.807) is 6.07 Å². The molecule has 0 aliphatic heterocycles. The first kappa shape index (κ1) is 23.3. The highest BCUT2D eigenvalue weighted by molar-refractivity contribution is 5.98. The normalized spacial score (nSPS) is 11.3. The number of alkyl halides is 3. The number of hydrogen-bond acceptors (Lipinski definition) is 5. The van der Waals surface area contributed by atoms with E-state index >= 15 is 0 Å². The number of urea groups is 1. The van der Waals surface area contributed by atoms with E-state index in [-0.39, 0.29) is 17.5 Å². The van der Waals surface area contributed by atoms with Crippen LogP contribution in [0.15, 0.2) is 54.7 Å². The molecule has 5 N–H and O–H groups in total. The van der Waals surface area contributed by atoms with Crippen molar-refractivity contribution in [1.82, 2.24) is 15.0 Å². The number of fused-ring (bicyclic) bond motifs is 1. The molecule has 0 unspecified atom stereocenters. The molecule has 4 aromatic rings. The van der Waals surface area contributed by atoms with E-state index in [1.807, 2.05) is 0 Å². The van der Waals surface area contributed by atoms with Gasteiger partial charge < -0.3 is 20.6 Å². The van der Waals surface area contributed by atoms with Crippen molar-refractivity contribution in [2.45, 2.75) is 6.18 Å². The standard InChI is InChI=1S/C21H14F4N6O4/c22-13-4-1-10(21(23,24)25)7-16(13)31(18(26)32)11-2-6-17(27-9-11)35-12-3-5-14-15(8-12)29-19(28-14)30-20(33)34/h1-9H,(H2,26,32)(H,33,34)(H2,28,29,30). The second-order valence-electron chi connectivity index (χ2n) is 6.99. The third kappa shape index (κ3) is 5.05. The number of carbonyl (C=O) groups is 2. The Labute approximate surface area is 193 Å². The zero-order valence-electron chi connectivity index (χ0n) is 17.3. The summed E-state index contributed by atoms with van der Waals surface area (Å²) in [6, 6.07) is 7.56. The second kappa shape index (κ2) is 8.81. The number of ether oxygens (including phenoxy) is 1.